The second kappa shape index (κ2) is 7.85. The van der Waals surface area contributed by atoms with Gasteiger partial charge in [0.1, 0.15) is 0 Å². The SMILES string of the molecule is CC(C)CCNC(=O)C(C)N(C)CC1CCCC1O. The molecule has 3 atom stereocenters. The highest BCUT2D eigenvalue weighted by Gasteiger charge is 2.28. The number of rotatable bonds is 7. The molecule has 1 rings (SSSR count). The van der Waals surface area contributed by atoms with Gasteiger partial charge in [-0.1, -0.05) is 20.3 Å². The topological polar surface area (TPSA) is 52.6 Å². The van der Waals surface area contributed by atoms with Crippen molar-refractivity contribution in [2.75, 3.05) is 20.1 Å². The van der Waals surface area contributed by atoms with Gasteiger partial charge in [-0.2, -0.15) is 0 Å². The first kappa shape index (κ1) is 16.4. The molecule has 4 heteroatoms. The number of hydrogen-bond donors (Lipinski definition) is 2. The highest BCUT2D eigenvalue weighted by Crippen LogP contribution is 2.26. The first-order valence-electron chi connectivity index (χ1n) is 7.57. The van der Waals surface area contributed by atoms with Crippen LogP contribution in [0.3, 0.4) is 0 Å². The lowest BCUT2D eigenvalue weighted by Gasteiger charge is -2.28. The summed E-state index contributed by atoms with van der Waals surface area (Å²) in [6.07, 6.45) is 3.93. The van der Waals surface area contributed by atoms with Crippen molar-refractivity contribution >= 4 is 5.91 Å². The Labute approximate surface area is 117 Å². The molecule has 4 nitrogen and oxygen atoms in total. The zero-order chi connectivity index (χ0) is 14.4. The summed E-state index contributed by atoms with van der Waals surface area (Å²) in [5, 5.41) is 12.8. The number of nitrogens with one attached hydrogen (secondary N) is 1. The van der Waals surface area contributed by atoms with Gasteiger partial charge in [-0.15, -0.1) is 0 Å². The zero-order valence-electron chi connectivity index (χ0n) is 12.9. The van der Waals surface area contributed by atoms with Gasteiger partial charge >= 0.3 is 0 Å². The lowest BCUT2D eigenvalue weighted by atomic mass is 10.0. The number of carbonyl (C=O) groups excluding carboxylic acids is 1. The molecule has 0 aromatic carbocycles. The first-order chi connectivity index (χ1) is 8.91. The van der Waals surface area contributed by atoms with Crippen molar-refractivity contribution < 1.29 is 9.90 Å². The van der Waals surface area contributed by atoms with Crippen LogP contribution in [0.1, 0.15) is 46.5 Å². The first-order valence-corrected chi connectivity index (χ1v) is 7.57. The van der Waals surface area contributed by atoms with Crippen LogP contribution < -0.4 is 5.32 Å². The molecule has 0 saturated heterocycles. The number of aliphatic hydroxyl groups excluding tert-OH is 1. The minimum Gasteiger partial charge on any atom is -0.393 e. The van der Waals surface area contributed by atoms with Crippen molar-refractivity contribution in [3.05, 3.63) is 0 Å². The van der Waals surface area contributed by atoms with E-state index in [1.165, 1.54) is 0 Å². The predicted octanol–water partition coefficient (Wildman–Crippen LogP) is 1.63. The summed E-state index contributed by atoms with van der Waals surface area (Å²) >= 11 is 0. The van der Waals surface area contributed by atoms with Gasteiger partial charge in [0.05, 0.1) is 12.1 Å². The van der Waals surface area contributed by atoms with Crippen molar-refractivity contribution in [2.24, 2.45) is 11.8 Å². The fraction of sp³-hybridized carbons (Fsp3) is 0.933. The van der Waals surface area contributed by atoms with E-state index in [2.05, 4.69) is 24.1 Å². The van der Waals surface area contributed by atoms with Gasteiger partial charge in [-0.3, -0.25) is 9.69 Å². The molecule has 0 spiro atoms. The minimum atomic E-state index is -0.182. The Morgan fingerprint density at radius 1 is 1.37 bits per heavy atom. The van der Waals surface area contributed by atoms with E-state index in [1.807, 2.05) is 14.0 Å². The standard InChI is InChI=1S/C15H30N2O2/c1-11(2)8-9-16-15(19)12(3)17(4)10-13-6-5-7-14(13)18/h11-14,18H,5-10H2,1-4H3,(H,16,19). The third-order valence-electron chi connectivity index (χ3n) is 4.20. The predicted molar refractivity (Wildman–Crippen MR) is 77.9 cm³/mol. The number of carbonyl (C=O) groups is 1. The van der Waals surface area contributed by atoms with E-state index >= 15 is 0 Å². The zero-order valence-corrected chi connectivity index (χ0v) is 12.9. The summed E-state index contributed by atoms with van der Waals surface area (Å²) < 4.78 is 0. The van der Waals surface area contributed by atoms with Crippen molar-refractivity contribution in [1.29, 1.82) is 0 Å². The van der Waals surface area contributed by atoms with Crippen LogP contribution in [0.4, 0.5) is 0 Å². The summed E-state index contributed by atoms with van der Waals surface area (Å²) in [4.78, 5) is 14.1. The summed E-state index contributed by atoms with van der Waals surface area (Å²) in [6, 6.07) is -0.125. The highest BCUT2D eigenvalue weighted by molar-refractivity contribution is 5.81. The molecule has 1 amide bonds. The molecule has 0 radical (unpaired) electrons. The quantitative estimate of drug-likeness (QED) is 0.739. The maximum Gasteiger partial charge on any atom is 0.237 e. The van der Waals surface area contributed by atoms with E-state index in [1.54, 1.807) is 0 Å². The summed E-state index contributed by atoms with van der Waals surface area (Å²) in [5.74, 6) is 1.04. The maximum atomic E-state index is 12.0. The summed E-state index contributed by atoms with van der Waals surface area (Å²) in [6.45, 7) is 7.80. The maximum absolute atomic E-state index is 12.0. The van der Waals surface area contributed by atoms with Gasteiger partial charge in [0, 0.05) is 13.1 Å². The Bertz CT molecular complexity index is 281. The van der Waals surface area contributed by atoms with E-state index in [0.29, 0.717) is 11.8 Å². The normalized spacial score (nSPS) is 25.0. The van der Waals surface area contributed by atoms with E-state index in [4.69, 9.17) is 0 Å². The molecule has 3 unspecified atom stereocenters. The fourth-order valence-electron chi connectivity index (χ4n) is 2.59. The molecular formula is C15H30N2O2. The third kappa shape index (κ3) is 5.49. The molecule has 1 saturated carbocycles. The number of hydrogen-bond acceptors (Lipinski definition) is 3. The minimum absolute atomic E-state index is 0.0932. The molecule has 2 N–H and O–H groups in total. The third-order valence-corrected chi connectivity index (χ3v) is 4.20. The van der Waals surface area contributed by atoms with Crippen LogP contribution in [-0.2, 0) is 4.79 Å². The second-order valence-electron chi connectivity index (χ2n) is 6.35. The van der Waals surface area contributed by atoms with E-state index in [9.17, 15) is 9.90 Å². The van der Waals surface area contributed by atoms with Crippen molar-refractivity contribution in [3.63, 3.8) is 0 Å². The Kier molecular flexibility index (Phi) is 6.80. The summed E-state index contributed by atoms with van der Waals surface area (Å²) in [5.41, 5.74) is 0. The number of likely N-dealkylation sites (N-methyl/N-ethyl adjacent to an activating group) is 1. The average molecular weight is 270 g/mol. The van der Waals surface area contributed by atoms with E-state index < -0.39 is 0 Å². The number of aliphatic hydroxyl groups is 1. The van der Waals surface area contributed by atoms with Crippen LogP contribution >= 0.6 is 0 Å². The van der Waals surface area contributed by atoms with Gasteiger partial charge in [0.15, 0.2) is 0 Å². The van der Waals surface area contributed by atoms with Crippen molar-refractivity contribution in [2.45, 2.75) is 58.6 Å². The van der Waals surface area contributed by atoms with Gasteiger partial charge in [0.2, 0.25) is 5.91 Å². The lowest BCUT2D eigenvalue weighted by molar-refractivity contribution is -0.125. The molecule has 0 aromatic heterocycles. The molecule has 0 aliphatic heterocycles. The molecule has 0 aromatic rings. The van der Waals surface area contributed by atoms with Crippen molar-refractivity contribution in [3.8, 4) is 0 Å². The largest absolute Gasteiger partial charge is 0.393 e. The number of amides is 1. The molecule has 1 fully saturated rings. The molecule has 1 aliphatic rings. The van der Waals surface area contributed by atoms with Gasteiger partial charge in [0.25, 0.3) is 0 Å². The molecular weight excluding hydrogens is 240 g/mol. The van der Waals surface area contributed by atoms with Crippen LogP contribution in [0.5, 0.6) is 0 Å². The van der Waals surface area contributed by atoms with Crippen LogP contribution in [0.25, 0.3) is 0 Å². The van der Waals surface area contributed by atoms with Crippen LogP contribution in [0.15, 0.2) is 0 Å². The Hall–Kier alpha value is -0.610. The van der Waals surface area contributed by atoms with E-state index in [-0.39, 0.29) is 18.1 Å². The lowest BCUT2D eigenvalue weighted by Crippen LogP contribution is -2.46. The molecule has 19 heavy (non-hydrogen) atoms. The van der Waals surface area contributed by atoms with Crippen LogP contribution in [0, 0.1) is 11.8 Å². The second-order valence-corrected chi connectivity index (χ2v) is 6.35. The van der Waals surface area contributed by atoms with Crippen LogP contribution in [-0.4, -0.2) is 48.2 Å². The monoisotopic (exact) mass is 270 g/mol. The van der Waals surface area contributed by atoms with E-state index in [0.717, 1.165) is 38.8 Å². The smallest absolute Gasteiger partial charge is 0.237 e. The average Bonchev–Trinajstić information content (AvgIpc) is 2.73. The van der Waals surface area contributed by atoms with Gasteiger partial charge in [-0.25, -0.2) is 0 Å². The molecule has 0 heterocycles. The summed E-state index contributed by atoms with van der Waals surface area (Å²) in [7, 11) is 1.97. The van der Waals surface area contributed by atoms with Gasteiger partial charge < -0.3 is 10.4 Å². The molecule has 1 aliphatic carbocycles. The Morgan fingerprint density at radius 2 is 2.05 bits per heavy atom. The highest BCUT2D eigenvalue weighted by atomic mass is 16.3. The molecule has 0 bridgehead atoms. The van der Waals surface area contributed by atoms with Crippen molar-refractivity contribution in [1.82, 2.24) is 10.2 Å². The fourth-order valence-corrected chi connectivity index (χ4v) is 2.59. The Balaban J connectivity index is 2.30. The van der Waals surface area contributed by atoms with Gasteiger partial charge in [-0.05, 0) is 45.1 Å². The van der Waals surface area contributed by atoms with Crippen LogP contribution in [0.2, 0.25) is 0 Å². The number of nitrogens with zero attached hydrogens (tertiary/aromatic N) is 1. The molecule has 112 valence electrons. The Morgan fingerprint density at radius 3 is 2.58 bits per heavy atom.